The van der Waals surface area contributed by atoms with Crippen molar-refractivity contribution in [2.24, 2.45) is 11.8 Å². The summed E-state index contributed by atoms with van der Waals surface area (Å²) in [5, 5.41) is 0. The van der Waals surface area contributed by atoms with Gasteiger partial charge in [-0.15, -0.1) is 0 Å². The van der Waals surface area contributed by atoms with Crippen LogP contribution in [-0.2, 0) is 0 Å². The molecule has 1 aliphatic rings. The molecule has 0 bridgehead atoms. The normalized spacial score (nSPS) is 20.6. The second-order valence-electron chi connectivity index (χ2n) is 5.74. The minimum atomic E-state index is 0.856. The lowest BCUT2D eigenvalue weighted by Crippen LogP contribution is -2.14. The fourth-order valence-electron chi connectivity index (χ4n) is 2.79. The van der Waals surface area contributed by atoms with Crippen LogP contribution in [0.1, 0.15) is 45.1 Å². The molecule has 0 aliphatic heterocycles. The minimum absolute atomic E-state index is 0.856. The first-order chi connectivity index (χ1) is 8.16. The largest absolute Gasteiger partial charge is 0.140 e. The highest BCUT2D eigenvalue weighted by atomic mass is 14.2. The average molecular weight is 226 g/mol. The number of benzene rings is 1. The van der Waals surface area contributed by atoms with E-state index >= 15 is 0 Å². The zero-order valence-electron chi connectivity index (χ0n) is 11.4. The summed E-state index contributed by atoms with van der Waals surface area (Å²) in [7, 11) is 2.20. The lowest BCUT2D eigenvalue weighted by Gasteiger charge is -2.27. The molecule has 1 aromatic rings. The molecule has 0 N–H and O–H groups in total. The third kappa shape index (κ3) is 3.25. The molecule has 1 aliphatic carbocycles. The fourth-order valence-corrected chi connectivity index (χ4v) is 2.79. The summed E-state index contributed by atoms with van der Waals surface area (Å²) in [4.78, 5) is 0. The summed E-state index contributed by atoms with van der Waals surface area (Å²) in [6, 6.07) is 8.69. The predicted octanol–water partition coefficient (Wildman–Crippen LogP) is 3.17. The molecular weight excluding hydrogens is 203 g/mol. The molecule has 0 amide bonds. The van der Waals surface area contributed by atoms with Crippen LogP contribution in [0.3, 0.4) is 0 Å². The van der Waals surface area contributed by atoms with Crippen LogP contribution in [0.15, 0.2) is 29.8 Å². The fraction of sp³-hybridized carbons (Fsp3) is 0.500. The monoisotopic (exact) mass is 226 g/mol. The van der Waals surface area contributed by atoms with Crippen LogP contribution in [0, 0.1) is 11.8 Å². The van der Waals surface area contributed by atoms with Crippen LogP contribution >= 0.6 is 0 Å². The number of rotatable bonds is 2. The Kier molecular flexibility index (Phi) is 4.09. The number of allylic oxidation sites excluding steroid dienone is 1. The van der Waals surface area contributed by atoms with Crippen LogP contribution in [0.25, 0.3) is 6.08 Å². The lowest BCUT2D eigenvalue weighted by molar-refractivity contribution is 0.312. The first-order valence-corrected chi connectivity index (χ1v) is 6.92. The molecule has 0 spiro atoms. The smallest absolute Gasteiger partial charge is 0.0819 e. The Balaban J connectivity index is 2.04. The minimum Gasteiger partial charge on any atom is -0.0819 e. The molecule has 0 radical (unpaired) electrons. The van der Waals surface area contributed by atoms with Crippen LogP contribution in [0.2, 0.25) is 0 Å². The summed E-state index contributed by atoms with van der Waals surface area (Å²) >= 11 is 0. The van der Waals surface area contributed by atoms with Crippen LogP contribution in [-0.4, -0.2) is 7.85 Å². The van der Waals surface area contributed by atoms with Crippen molar-refractivity contribution in [2.75, 3.05) is 0 Å². The van der Waals surface area contributed by atoms with Gasteiger partial charge in [-0.25, -0.2) is 0 Å². The van der Waals surface area contributed by atoms with E-state index in [4.69, 9.17) is 0 Å². The highest BCUT2D eigenvalue weighted by molar-refractivity contribution is 6.34. The van der Waals surface area contributed by atoms with E-state index in [-0.39, 0.29) is 0 Å². The van der Waals surface area contributed by atoms with E-state index in [0.29, 0.717) is 0 Å². The summed E-state index contributed by atoms with van der Waals surface area (Å²) in [5.41, 5.74) is 4.45. The Hall–Kier alpha value is -0.975. The molecule has 0 unspecified atom stereocenters. The van der Waals surface area contributed by atoms with Crippen molar-refractivity contribution in [1.82, 2.24) is 0 Å². The van der Waals surface area contributed by atoms with E-state index in [9.17, 15) is 0 Å². The highest BCUT2D eigenvalue weighted by Crippen LogP contribution is 2.33. The molecule has 2 rings (SSSR count). The summed E-state index contributed by atoms with van der Waals surface area (Å²) in [5.74, 6) is 1.80. The van der Waals surface area contributed by atoms with Gasteiger partial charge in [0, 0.05) is 0 Å². The van der Waals surface area contributed by atoms with Gasteiger partial charge in [0.25, 0.3) is 0 Å². The van der Waals surface area contributed by atoms with Crippen molar-refractivity contribution in [2.45, 2.75) is 39.5 Å². The summed E-state index contributed by atoms with van der Waals surface area (Å²) in [6.07, 6.45) is 7.80. The Bertz CT molecular complexity index is 394. The molecule has 17 heavy (non-hydrogen) atoms. The van der Waals surface area contributed by atoms with Gasteiger partial charge >= 0.3 is 0 Å². The van der Waals surface area contributed by atoms with Gasteiger partial charge in [-0.3, -0.25) is 0 Å². The van der Waals surface area contributed by atoms with Crippen LogP contribution in [0.4, 0.5) is 0 Å². The second-order valence-corrected chi connectivity index (χ2v) is 5.74. The topological polar surface area (TPSA) is 0 Å². The molecule has 0 atom stereocenters. The zero-order chi connectivity index (χ0) is 12.3. The molecule has 90 valence electrons. The Morgan fingerprint density at radius 3 is 2.41 bits per heavy atom. The maximum absolute atomic E-state index is 2.42. The van der Waals surface area contributed by atoms with Gasteiger partial charge in [0.1, 0.15) is 7.85 Å². The Morgan fingerprint density at radius 2 is 1.82 bits per heavy atom. The first-order valence-electron chi connectivity index (χ1n) is 6.92. The summed E-state index contributed by atoms with van der Waals surface area (Å²) in [6.45, 7) is 4.72. The standard InChI is InChI=1S/C16H23B/c1-12(2)14-9-7-13(8-10-14)11-15-5-3-4-6-16(15)17/h3-6,11-12,14H,7-10,17H2,1-2H3. The molecule has 1 heteroatoms. The van der Waals surface area contributed by atoms with E-state index in [0.717, 1.165) is 11.8 Å². The maximum atomic E-state index is 2.42. The van der Waals surface area contributed by atoms with Crippen molar-refractivity contribution in [3.05, 3.63) is 35.4 Å². The zero-order valence-corrected chi connectivity index (χ0v) is 11.4. The number of hydrogen-bond acceptors (Lipinski definition) is 0. The molecule has 0 saturated heterocycles. The van der Waals surface area contributed by atoms with E-state index in [1.165, 1.54) is 36.7 Å². The molecule has 1 aromatic carbocycles. The third-order valence-corrected chi connectivity index (χ3v) is 4.16. The highest BCUT2D eigenvalue weighted by Gasteiger charge is 2.19. The van der Waals surface area contributed by atoms with E-state index in [1.54, 1.807) is 5.57 Å². The number of hydrogen-bond donors (Lipinski definition) is 0. The van der Waals surface area contributed by atoms with E-state index < -0.39 is 0 Å². The van der Waals surface area contributed by atoms with Gasteiger partial charge in [0.05, 0.1) is 0 Å². The molecule has 0 aromatic heterocycles. The predicted molar refractivity (Wildman–Crippen MR) is 79.4 cm³/mol. The van der Waals surface area contributed by atoms with Gasteiger partial charge in [0.2, 0.25) is 0 Å². The Labute approximate surface area is 107 Å². The van der Waals surface area contributed by atoms with Gasteiger partial charge in [0.15, 0.2) is 0 Å². The van der Waals surface area contributed by atoms with Gasteiger partial charge < -0.3 is 0 Å². The van der Waals surface area contributed by atoms with Crippen LogP contribution in [0.5, 0.6) is 0 Å². The Morgan fingerprint density at radius 1 is 1.18 bits per heavy atom. The average Bonchev–Trinajstić information content (AvgIpc) is 2.33. The van der Waals surface area contributed by atoms with Crippen LogP contribution < -0.4 is 5.46 Å². The van der Waals surface area contributed by atoms with E-state index in [1.807, 2.05) is 0 Å². The van der Waals surface area contributed by atoms with Crippen molar-refractivity contribution >= 4 is 19.4 Å². The first kappa shape index (κ1) is 12.5. The summed E-state index contributed by atoms with van der Waals surface area (Å²) < 4.78 is 0. The second kappa shape index (κ2) is 5.57. The van der Waals surface area contributed by atoms with Gasteiger partial charge in [-0.05, 0) is 43.1 Å². The quantitative estimate of drug-likeness (QED) is 0.679. The van der Waals surface area contributed by atoms with Gasteiger partial charge in [-0.1, -0.05) is 55.2 Å². The third-order valence-electron chi connectivity index (χ3n) is 4.16. The van der Waals surface area contributed by atoms with Crippen molar-refractivity contribution in [3.8, 4) is 0 Å². The SMILES string of the molecule is Bc1ccccc1C=C1CCC(C(C)C)CC1. The lowest BCUT2D eigenvalue weighted by atomic mass is 9.78. The van der Waals surface area contributed by atoms with Crippen molar-refractivity contribution in [1.29, 1.82) is 0 Å². The van der Waals surface area contributed by atoms with Crippen molar-refractivity contribution in [3.63, 3.8) is 0 Å². The molecule has 0 nitrogen and oxygen atoms in total. The molecule has 1 saturated carbocycles. The molecular formula is C16H23B. The van der Waals surface area contributed by atoms with Crippen molar-refractivity contribution < 1.29 is 0 Å². The van der Waals surface area contributed by atoms with E-state index in [2.05, 4.69) is 52.0 Å². The maximum Gasteiger partial charge on any atom is 0.140 e. The molecule has 1 fully saturated rings. The molecule has 0 heterocycles. The van der Waals surface area contributed by atoms with Gasteiger partial charge in [-0.2, -0.15) is 0 Å².